The van der Waals surface area contributed by atoms with Gasteiger partial charge in [-0.15, -0.1) is 24.0 Å². The molecule has 0 nitrogen and oxygen atoms in total. The second-order valence-electron chi connectivity index (χ2n) is 0.429. The zero-order valence-electron chi connectivity index (χ0n) is 2.42. The van der Waals surface area contributed by atoms with E-state index in [0.717, 1.165) is 0 Å². The molecule has 0 N–H and O–H groups in total. The van der Waals surface area contributed by atoms with Crippen LogP contribution in [0.25, 0.3) is 0 Å². The monoisotopic (exact) mass is 476 g/mol. The van der Waals surface area contributed by atoms with Gasteiger partial charge in [0, 0.05) is 0 Å². The predicted octanol–water partition coefficient (Wildman–Crippen LogP) is 3.00. The van der Waals surface area contributed by atoms with Crippen LogP contribution in [0.4, 0.5) is 0 Å². The molecule has 0 unspecified atom stereocenters. The van der Waals surface area contributed by atoms with E-state index in [1.54, 1.807) is 0 Å². The molecule has 0 fully saturated rings. The third-order valence-corrected chi connectivity index (χ3v) is 0. The van der Waals surface area contributed by atoms with Crippen molar-refractivity contribution in [3.8, 4) is 0 Å². The van der Waals surface area contributed by atoms with Gasteiger partial charge in [0.2, 0.25) is 0 Å². The molecule has 0 aliphatic rings. The van der Waals surface area contributed by atoms with Gasteiger partial charge in [-0.05, 0) is 0 Å². The Labute approximate surface area is 72.0 Å². The van der Waals surface area contributed by atoms with E-state index >= 15 is 0 Å². The minimum absolute atomic E-state index is 0. The number of hydrogen-bond acceptors (Lipinski definition) is 0. The van der Waals surface area contributed by atoms with E-state index in [1.165, 1.54) is 0 Å². The molecule has 0 amide bonds. The van der Waals surface area contributed by atoms with Gasteiger partial charge in [0.25, 0.3) is 0 Å². The van der Waals surface area contributed by atoms with Crippen LogP contribution in [0.15, 0.2) is 0 Å². The van der Waals surface area contributed by atoms with Gasteiger partial charge in [0.1, 0.15) is 0 Å². The SMILES string of the molecule is I.[Cl][Pb]([Cl])([Cl])[Cl]. The first-order valence-electron chi connectivity index (χ1n) is 0.756. The zero-order chi connectivity index (χ0) is 4.50. The Morgan fingerprint density at radius 3 is 0.833 bits per heavy atom. The minimum atomic E-state index is -3.39. The van der Waals surface area contributed by atoms with E-state index in [9.17, 15) is 0 Å². The summed E-state index contributed by atoms with van der Waals surface area (Å²) in [4.78, 5) is 0. The molecule has 0 saturated heterocycles. The summed E-state index contributed by atoms with van der Waals surface area (Å²) in [6, 6.07) is 0. The Kier molecular flexibility index (Phi) is 9.02. The van der Waals surface area contributed by atoms with Crippen molar-refractivity contribution >= 4 is 73.5 Å². The fourth-order valence-electron chi connectivity index (χ4n) is 0. The van der Waals surface area contributed by atoms with Gasteiger partial charge in [-0.2, -0.15) is 0 Å². The molecule has 0 aromatic heterocycles. The van der Waals surface area contributed by atoms with Crippen molar-refractivity contribution in [3.63, 3.8) is 0 Å². The van der Waals surface area contributed by atoms with Crippen LogP contribution < -0.4 is 0 Å². The fraction of sp³-hybridized carbons (Fsp3) is 0. The van der Waals surface area contributed by atoms with E-state index in [-0.39, 0.29) is 24.0 Å². The van der Waals surface area contributed by atoms with Crippen LogP contribution in [0.3, 0.4) is 0 Å². The van der Waals surface area contributed by atoms with Crippen LogP contribution in [0, 0.1) is 0 Å². The summed E-state index contributed by atoms with van der Waals surface area (Å²) in [6.07, 6.45) is 0. The molecule has 0 radical (unpaired) electrons. The van der Waals surface area contributed by atoms with E-state index in [1.807, 2.05) is 0 Å². The third-order valence-electron chi connectivity index (χ3n) is 0. The van der Waals surface area contributed by atoms with Crippen molar-refractivity contribution in [2.75, 3.05) is 0 Å². The molecule has 0 saturated carbocycles. The quantitative estimate of drug-likeness (QED) is 0.372. The molecule has 40 valence electrons. The first-order chi connectivity index (χ1) is 2.00. The van der Waals surface area contributed by atoms with Gasteiger partial charge < -0.3 is 0 Å². The zero-order valence-corrected chi connectivity index (χ0v) is 11.7. The van der Waals surface area contributed by atoms with Crippen LogP contribution in [0.1, 0.15) is 0 Å². The van der Waals surface area contributed by atoms with E-state index in [4.69, 9.17) is 33.3 Å². The summed E-state index contributed by atoms with van der Waals surface area (Å²) in [5.41, 5.74) is 0. The van der Waals surface area contributed by atoms with Gasteiger partial charge in [0.05, 0.1) is 0 Å². The molecule has 6 heavy (non-hydrogen) atoms. The molecule has 0 atom stereocenters. The predicted molar refractivity (Wildman–Crippen MR) is 44.6 cm³/mol. The average Bonchev–Trinajstić information content (AvgIpc) is 0.722. The Bertz CT molecular complexity index is 23.0. The average molecular weight is 477 g/mol. The second kappa shape index (κ2) is 4.67. The molecule has 6 heteroatoms. The van der Waals surface area contributed by atoms with Gasteiger partial charge in [0.15, 0.2) is 0 Å². The van der Waals surface area contributed by atoms with Crippen molar-refractivity contribution < 1.29 is 0 Å². The van der Waals surface area contributed by atoms with Crippen molar-refractivity contribution in [1.29, 1.82) is 0 Å². The summed E-state index contributed by atoms with van der Waals surface area (Å²) in [5, 5.41) is 0. The Balaban J connectivity index is 0. The molecule has 0 rings (SSSR count). The molecule has 0 aromatic rings. The first kappa shape index (κ1) is 11.6. The summed E-state index contributed by atoms with van der Waals surface area (Å²) < 4.78 is 0. The van der Waals surface area contributed by atoms with Crippen molar-refractivity contribution in [2.24, 2.45) is 0 Å². The van der Waals surface area contributed by atoms with Crippen molar-refractivity contribution in [1.82, 2.24) is 0 Å². The van der Waals surface area contributed by atoms with E-state index in [0.29, 0.717) is 0 Å². The maximum atomic E-state index is 5.05. The van der Waals surface area contributed by atoms with Gasteiger partial charge in [-0.1, -0.05) is 0 Å². The third kappa shape index (κ3) is 29.1. The van der Waals surface area contributed by atoms with Crippen LogP contribution >= 0.6 is 57.2 Å². The van der Waals surface area contributed by atoms with Gasteiger partial charge in [-0.3, -0.25) is 0 Å². The van der Waals surface area contributed by atoms with E-state index in [2.05, 4.69) is 0 Å². The maximum absolute atomic E-state index is 5.05. The Hall–Kier alpha value is 2.81. The van der Waals surface area contributed by atoms with Crippen molar-refractivity contribution in [2.45, 2.75) is 0 Å². The Morgan fingerprint density at radius 1 is 0.833 bits per heavy atom. The molecule has 0 aliphatic heterocycles. The van der Waals surface area contributed by atoms with Gasteiger partial charge in [-0.25, -0.2) is 0 Å². The van der Waals surface area contributed by atoms with Crippen LogP contribution in [-0.4, -0.2) is 16.3 Å². The topological polar surface area (TPSA) is 0 Å². The summed E-state index contributed by atoms with van der Waals surface area (Å²) in [7, 11) is 20.2. The van der Waals surface area contributed by atoms with Crippen LogP contribution in [0.5, 0.6) is 0 Å². The molecular weight excluding hydrogens is 476 g/mol. The number of halogens is 5. The molecule has 0 heterocycles. The Morgan fingerprint density at radius 2 is 0.833 bits per heavy atom. The molecular formula is HCl4IPb. The van der Waals surface area contributed by atoms with Crippen LogP contribution in [-0.2, 0) is 0 Å². The molecule has 0 bridgehead atoms. The van der Waals surface area contributed by atoms with E-state index < -0.39 is 16.3 Å². The normalized spacial score (nSPS) is 10.0. The summed E-state index contributed by atoms with van der Waals surface area (Å²) in [5.74, 6) is 0. The standard InChI is InChI=1S/4ClH.HI.Pb/h5*1H;/q;;;;;+4/p-4. The summed E-state index contributed by atoms with van der Waals surface area (Å²) in [6.45, 7) is 0. The molecule has 0 aliphatic carbocycles. The number of rotatable bonds is 0. The van der Waals surface area contributed by atoms with Crippen molar-refractivity contribution in [3.05, 3.63) is 0 Å². The molecule has 0 aromatic carbocycles. The van der Waals surface area contributed by atoms with Crippen LogP contribution in [0.2, 0.25) is 0 Å². The summed E-state index contributed by atoms with van der Waals surface area (Å²) >= 11 is -3.39. The van der Waals surface area contributed by atoms with Gasteiger partial charge >= 0.3 is 49.5 Å². The number of hydrogen-bond donors (Lipinski definition) is 0. The fourth-order valence-corrected chi connectivity index (χ4v) is 0. The first-order valence-corrected chi connectivity index (χ1v) is 19.9. The molecule has 0 spiro atoms. The second-order valence-corrected chi connectivity index (χ2v) is 33.8.